The fourth-order valence-electron chi connectivity index (χ4n) is 1.23. The summed E-state index contributed by atoms with van der Waals surface area (Å²) in [6.07, 6.45) is 1.73. The Labute approximate surface area is 99.6 Å². The van der Waals surface area contributed by atoms with Crippen molar-refractivity contribution in [1.82, 2.24) is 15.0 Å². The third kappa shape index (κ3) is 1.79. The molecule has 0 unspecified atom stereocenters. The van der Waals surface area contributed by atoms with Crippen molar-refractivity contribution in [3.8, 4) is 5.69 Å². The molecule has 0 amide bonds. The first-order valence-corrected chi connectivity index (χ1v) is 4.90. The van der Waals surface area contributed by atoms with Crippen molar-refractivity contribution >= 4 is 29.5 Å². The highest BCUT2D eigenvalue weighted by atomic mass is 35.5. The molecule has 0 atom stereocenters. The highest BCUT2D eigenvalue weighted by molar-refractivity contribution is 6.31. The van der Waals surface area contributed by atoms with Crippen LogP contribution in [0.15, 0.2) is 18.3 Å². The van der Waals surface area contributed by atoms with Gasteiger partial charge in [-0.15, -0.1) is 5.10 Å². The number of rotatable bonds is 2. The van der Waals surface area contributed by atoms with Crippen LogP contribution in [0.4, 0.5) is 4.39 Å². The minimum absolute atomic E-state index is 0.128. The SMILES string of the molecule is O=Cc1c(-n2cc(Cl)nn2)ccc(Cl)c1F. The van der Waals surface area contributed by atoms with Crippen LogP contribution in [0, 0.1) is 5.82 Å². The van der Waals surface area contributed by atoms with Crippen molar-refractivity contribution in [2.45, 2.75) is 0 Å². The van der Waals surface area contributed by atoms with E-state index in [1.54, 1.807) is 0 Å². The second-order valence-corrected chi connectivity index (χ2v) is 3.69. The first kappa shape index (κ1) is 11.0. The van der Waals surface area contributed by atoms with E-state index in [0.29, 0.717) is 6.29 Å². The summed E-state index contributed by atoms with van der Waals surface area (Å²) in [5, 5.41) is 7.18. The summed E-state index contributed by atoms with van der Waals surface area (Å²) in [4.78, 5) is 10.8. The van der Waals surface area contributed by atoms with Crippen LogP contribution >= 0.6 is 23.2 Å². The van der Waals surface area contributed by atoms with Gasteiger partial charge in [-0.2, -0.15) is 0 Å². The smallest absolute Gasteiger partial charge is 0.171 e. The number of halogens is 3. The molecule has 16 heavy (non-hydrogen) atoms. The highest BCUT2D eigenvalue weighted by Crippen LogP contribution is 2.23. The lowest BCUT2D eigenvalue weighted by atomic mass is 10.2. The first-order chi connectivity index (χ1) is 7.63. The Kier molecular flexibility index (Phi) is 2.89. The van der Waals surface area contributed by atoms with E-state index >= 15 is 0 Å². The summed E-state index contributed by atoms with van der Waals surface area (Å²) < 4.78 is 14.7. The van der Waals surface area contributed by atoms with Crippen molar-refractivity contribution in [3.05, 3.63) is 39.9 Å². The highest BCUT2D eigenvalue weighted by Gasteiger charge is 2.14. The van der Waals surface area contributed by atoms with E-state index in [4.69, 9.17) is 23.2 Å². The zero-order valence-electron chi connectivity index (χ0n) is 7.69. The Morgan fingerprint density at radius 3 is 2.69 bits per heavy atom. The molecule has 2 aromatic rings. The molecule has 82 valence electrons. The molecule has 1 aromatic carbocycles. The van der Waals surface area contributed by atoms with Crippen LogP contribution in [0.2, 0.25) is 10.2 Å². The third-order valence-corrected chi connectivity index (χ3v) is 2.40. The number of aromatic nitrogens is 3. The number of aldehydes is 1. The molecule has 0 aliphatic rings. The van der Waals surface area contributed by atoms with Gasteiger partial charge in [-0.05, 0) is 12.1 Å². The fraction of sp³-hybridized carbons (Fsp3) is 0. The molecule has 0 saturated heterocycles. The van der Waals surface area contributed by atoms with Crippen molar-refractivity contribution < 1.29 is 9.18 Å². The molecular formula is C9H4Cl2FN3O. The van der Waals surface area contributed by atoms with E-state index in [0.717, 1.165) is 0 Å². The lowest BCUT2D eigenvalue weighted by Gasteiger charge is -2.05. The maximum Gasteiger partial charge on any atom is 0.171 e. The van der Waals surface area contributed by atoms with E-state index in [2.05, 4.69) is 10.3 Å². The molecule has 0 fully saturated rings. The third-order valence-electron chi connectivity index (χ3n) is 1.94. The van der Waals surface area contributed by atoms with Crippen molar-refractivity contribution in [2.75, 3.05) is 0 Å². The van der Waals surface area contributed by atoms with Crippen LogP contribution in [0.25, 0.3) is 5.69 Å². The number of nitrogens with zero attached hydrogens (tertiary/aromatic N) is 3. The number of hydrogen-bond donors (Lipinski definition) is 0. The molecular weight excluding hydrogens is 256 g/mol. The molecule has 0 aliphatic carbocycles. The molecule has 0 radical (unpaired) electrons. The summed E-state index contributed by atoms with van der Waals surface area (Å²) >= 11 is 11.1. The maximum absolute atomic E-state index is 13.5. The summed E-state index contributed by atoms with van der Waals surface area (Å²) in [5.74, 6) is -0.791. The second-order valence-electron chi connectivity index (χ2n) is 2.90. The van der Waals surface area contributed by atoms with E-state index in [-0.39, 0.29) is 21.4 Å². The molecule has 0 saturated carbocycles. The molecule has 1 aromatic heterocycles. The molecule has 2 rings (SSSR count). The van der Waals surface area contributed by atoms with Crippen LogP contribution in [0.5, 0.6) is 0 Å². The zero-order valence-corrected chi connectivity index (χ0v) is 9.21. The van der Waals surface area contributed by atoms with Gasteiger partial charge in [0.2, 0.25) is 0 Å². The van der Waals surface area contributed by atoms with Crippen molar-refractivity contribution in [1.29, 1.82) is 0 Å². The number of benzene rings is 1. The quantitative estimate of drug-likeness (QED) is 0.779. The predicted octanol–water partition coefficient (Wildman–Crippen LogP) is 2.53. The normalized spacial score (nSPS) is 10.4. The number of hydrogen-bond acceptors (Lipinski definition) is 3. The van der Waals surface area contributed by atoms with Crippen LogP contribution in [-0.4, -0.2) is 21.3 Å². The summed E-state index contributed by atoms with van der Waals surface area (Å²) in [7, 11) is 0. The summed E-state index contributed by atoms with van der Waals surface area (Å²) in [6.45, 7) is 0. The van der Waals surface area contributed by atoms with Gasteiger partial charge >= 0.3 is 0 Å². The van der Waals surface area contributed by atoms with E-state index in [9.17, 15) is 9.18 Å². The van der Waals surface area contributed by atoms with Gasteiger partial charge in [0.25, 0.3) is 0 Å². The van der Waals surface area contributed by atoms with Gasteiger partial charge in [0.15, 0.2) is 17.3 Å². The standard InChI is InChI=1S/C9H4Cl2FN3O/c10-6-1-2-7(5(4-16)9(6)12)15-3-8(11)13-14-15/h1-4H. The molecule has 4 nitrogen and oxygen atoms in total. The van der Waals surface area contributed by atoms with Gasteiger partial charge in [0.1, 0.15) is 0 Å². The Bertz CT molecular complexity index is 556. The first-order valence-electron chi connectivity index (χ1n) is 4.15. The Morgan fingerprint density at radius 2 is 2.12 bits per heavy atom. The molecule has 0 spiro atoms. The average molecular weight is 260 g/mol. The number of carbonyl (C=O) groups is 1. The van der Waals surface area contributed by atoms with Crippen LogP contribution < -0.4 is 0 Å². The topological polar surface area (TPSA) is 47.8 Å². The molecule has 0 aliphatic heterocycles. The minimum Gasteiger partial charge on any atom is -0.298 e. The molecule has 0 N–H and O–H groups in total. The van der Waals surface area contributed by atoms with Crippen LogP contribution in [0.1, 0.15) is 10.4 Å². The van der Waals surface area contributed by atoms with E-state index in [1.807, 2.05) is 0 Å². The van der Waals surface area contributed by atoms with E-state index in [1.165, 1.54) is 23.0 Å². The van der Waals surface area contributed by atoms with Crippen molar-refractivity contribution in [2.24, 2.45) is 0 Å². The van der Waals surface area contributed by atoms with Crippen molar-refractivity contribution in [3.63, 3.8) is 0 Å². The van der Waals surface area contributed by atoms with Gasteiger partial charge in [-0.3, -0.25) is 4.79 Å². The van der Waals surface area contributed by atoms with Crippen LogP contribution in [-0.2, 0) is 0 Å². The fourth-order valence-corrected chi connectivity index (χ4v) is 1.52. The molecule has 7 heteroatoms. The van der Waals surface area contributed by atoms with Crippen LogP contribution in [0.3, 0.4) is 0 Å². The largest absolute Gasteiger partial charge is 0.298 e. The lowest BCUT2D eigenvalue weighted by Crippen LogP contribution is -2.02. The Hall–Kier alpha value is -1.46. The average Bonchev–Trinajstić information content (AvgIpc) is 2.68. The molecule has 1 heterocycles. The zero-order chi connectivity index (χ0) is 11.7. The Morgan fingerprint density at radius 1 is 1.38 bits per heavy atom. The summed E-state index contributed by atoms with van der Waals surface area (Å²) in [5.41, 5.74) is 0.0466. The predicted molar refractivity (Wildman–Crippen MR) is 56.7 cm³/mol. The second kappa shape index (κ2) is 4.19. The minimum atomic E-state index is -0.791. The Balaban J connectivity index is 2.65. The van der Waals surface area contributed by atoms with Gasteiger partial charge < -0.3 is 0 Å². The van der Waals surface area contributed by atoms with Gasteiger partial charge in [0, 0.05) is 0 Å². The van der Waals surface area contributed by atoms with E-state index < -0.39 is 5.82 Å². The lowest BCUT2D eigenvalue weighted by molar-refractivity contribution is 0.111. The number of carbonyl (C=O) groups excluding carboxylic acids is 1. The monoisotopic (exact) mass is 259 g/mol. The van der Waals surface area contributed by atoms with Gasteiger partial charge in [0.05, 0.1) is 22.5 Å². The molecule has 0 bridgehead atoms. The summed E-state index contributed by atoms with van der Waals surface area (Å²) in [6, 6.07) is 2.79. The van der Waals surface area contributed by atoms with Gasteiger partial charge in [-0.1, -0.05) is 28.4 Å². The maximum atomic E-state index is 13.5. The van der Waals surface area contributed by atoms with Gasteiger partial charge in [-0.25, -0.2) is 9.07 Å².